The molecule has 2 aromatic rings. The number of hydrogen-bond acceptors (Lipinski definition) is 3. The van der Waals surface area contributed by atoms with E-state index in [1.165, 1.54) is 6.07 Å². The fourth-order valence-corrected chi connectivity index (χ4v) is 2.63. The summed E-state index contributed by atoms with van der Waals surface area (Å²) in [5.74, 6) is -0.255. The summed E-state index contributed by atoms with van der Waals surface area (Å²) in [6.45, 7) is 3.76. The van der Waals surface area contributed by atoms with Gasteiger partial charge < -0.3 is 5.73 Å². The zero-order valence-corrected chi connectivity index (χ0v) is 12.8. The van der Waals surface area contributed by atoms with Gasteiger partial charge in [-0.2, -0.15) is 5.26 Å². The second-order valence-corrected chi connectivity index (χ2v) is 5.32. The van der Waals surface area contributed by atoms with Gasteiger partial charge in [-0.05, 0) is 31.0 Å². The third kappa shape index (κ3) is 2.39. The first kappa shape index (κ1) is 14.5. The zero-order chi connectivity index (χ0) is 14.9. The SMILES string of the molecule is CCc1c(C)nc(N)c(C#N)c1-c1ccc(Br)cc1F. The summed E-state index contributed by atoms with van der Waals surface area (Å²) in [4.78, 5) is 4.17. The van der Waals surface area contributed by atoms with Crippen molar-refractivity contribution in [1.82, 2.24) is 4.98 Å². The van der Waals surface area contributed by atoms with Crippen molar-refractivity contribution in [2.75, 3.05) is 5.73 Å². The molecule has 0 radical (unpaired) electrons. The van der Waals surface area contributed by atoms with Gasteiger partial charge in [-0.15, -0.1) is 0 Å². The Hall–Kier alpha value is -1.93. The fraction of sp³-hybridized carbons (Fsp3) is 0.200. The van der Waals surface area contributed by atoms with Crippen molar-refractivity contribution in [3.63, 3.8) is 0 Å². The minimum atomic E-state index is -0.393. The third-order valence-corrected chi connectivity index (χ3v) is 3.69. The number of hydrogen-bond donors (Lipinski definition) is 1. The van der Waals surface area contributed by atoms with E-state index in [9.17, 15) is 9.65 Å². The van der Waals surface area contributed by atoms with Gasteiger partial charge in [0.25, 0.3) is 0 Å². The van der Waals surface area contributed by atoms with E-state index in [2.05, 4.69) is 20.9 Å². The maximum absolute atomic E-state index is 14.2. The third-order valence-electron chi connectivity index (χ3n) is 3.20. The molecule has 2 rings (SSSR count). The summed E-state index contributed by atoms with van der Waals surface area (Å²) < 4.78 is 14.9. The van der Waals surface area contributed by atoms with Gasteiger partial charge >= 0.3 is 0 Å². The molecule has 1 aromatic heterocycles. The Bertz CT molecular complexity index is 720. The second kappa shape index (κ2) is 5.59. The fourth-order valence-electron chi connectivity index (χ4n) is 2.30. The van der Waals surface area contributed by atoms with Gasteiger partial charge in [0.15, 0.2) is 0 Å². The number of anilines is 1. The predicted octanol–water partition coefficient (Wildman–Crippen LogP) is 3.97. The van der Waals surface area contributed by atoms with Crippen molar-refractivity contribution in [1.29, 1.82) is 5.26 Å². The monoisotopic (exact) mass is 333 g/mol. The molecule has 0 spiro atoms. The first-order valence-electron chi connectivity index (χ1n) is 6.14. The molecule has 0 unspecified atom stereocenters. The normalized spacial score (nSPS) is 10.3. The maximum Gasteiger partial charge on any atom is 0.142 e. The Labute approximate surface area is 125 Å². The van der Waals surface area contributed by atoms with Gasteiger partial charge in [-0.25, -0.2) is 9.37 Å². The molecule has 0 fully saturated rings. The molecule has 0 aliphatic heterocycles. The van der Waals surface area contributed by atoms with Crippen LogP contribution in [0.5, 0.6) is 0 Å². The lowest BCUT2D eigenvalue weighted by atomic mass is 9.92. The maximum atomic E-state index is 14.2. The van der Waals surface area contributed by atoms with Crippen LogP contribution in [0.3, 0.4) is 0 Å². The molecular weight excluding hydrogens is 321 g/mol. The van der Waals surface area contributed by atoms with Crippen LogP contribution in [-0.2, 0) is 6.42 Å². The number of rotatable bonds is 2. The molecule has 0 aliphatic rings. The van der Waals surface area contributed by atoms with Crippen molar-refractivity contribution in [2.24, 2.45) is 0 Å². The number of nitrogen functional groups attached to an aromatic ring is 1. The lowest BCUT2D eigenvalue weighted by molar-refractivity contribution is 0.630. The lowest BCUT2D eigenvalue weighted by Gasteiger charge is -2.15. The molecule has 0 atom stereocenters. The molecule has 0 aliphatic carbocycles. The summed E-state index contributed by atoms with van der Waals surface area (Å²) in [7, 11) is 0. The molecule has 5 heteroatoms. The molecule has 20 heavy (non-hydrogen) atoms. The van der Waals surface area contributed by atoms with E-state index < -0.39 is 5.82 Å². The van der Waals surface area contributed by atoms with E-state index in [1.54, 1.807) is 12.1 Å². The summed E-state index contributed by atoms with van der Waals surface area (Å²) in [5, 5.41) is 9.32. The van der Waals surface area contributed by atoms with Crippen LogP contribution >= 0.6 is 15.9 Å². The highest BCUT2D eigenvalue weighted by molar-refractivity contribution is 9.10. The summed E-state index contributed by atoms with van der Waals surface area (Å²) in [5.41, 5.74) is 8.53. The summed E-state index contributed by atoms with van der Waals surface area (Å²) in [6.07, 6.45) is 0.651. The van der Waals surface area contributed by atoms with Crippen LogP contribution in [0.1, 0.15) is 23.7 Å². The number of aromatic nitrogens is 1. The number of nitrogens with zero attached hydrogens (tertiary/aromatic N) is 2. The molecule has 0 saturated heterocycles. The van der Waals surface area contributed by atoms with Crippen LogP contribution in [0.15, 0.2) is 22.7 Å². The van der Waals surface area contributed by atoms with E-state index in [0.29, 0.717) is 22.0 Å². The molecule has 1 heterocycles. The van der Waals surface area contributed by atoms with Crippen LogP contribution in [0.25, 0.3) is 11.1 Å². The van der Waals surface area contributed by atoms with Crippen LogP contribution in [0, 0.1) is 24.1 Å². The molecule has 0 bridgehead atoms. The van der Waals surface area contributed by atoms with Gasteiger partial charge in [0.2, 0.25) is 0 Å². The van der Waals surface area contributed by atoms with Crippen LogP contribution in [-0.4, -0.2) is 4.98 Å². The quantitative estimate of drug-likeness (QED) is 0.904. The standard InChI is InChI=1S/C15H13BrFN3/c1-3-10-8(2)20-15(19)12(7-18)14(10)11-5-4-9(16)6-13(11)17/h4-6H,3H2,1-2H3,(H2,19,20). The highest BCUT2D eigenvalue weighted by Gasteiger charge is 2.19. The zero-order valence-electron chi connectivity index (χ0n) is 11.2. The van der Waals surface area contributed by atoms with Gasteiger partial charge in [0.1, 0.15) is 23.3 Å². The van der Waals surface area contributed by atoms with Crippen molar-refractivity contribution < 1.29 is 4.39 Å². The summed E-state index contributed by atoms with van der Waals surface area (Å²) >= 11 is 3.23. The lowest BCUT2D eigenvalue weighted by Crippen LogP contribution is -2.05. The smallest absolute Gasteiger partial charge is 0.142 e. The number of halogens is 2. The molecule has 102 valence electrons. The Morgan fingerprint density at radius 2 is 2.15 bits per heavy atom. The van der Waals surface area contributed by atoms with Crippen LogP contribution in [0.2, 0.25) is 0 Å². The molecule has 1 aromatic carbocycles. The number of benzene rings is 1. The molecule has 2 N–H and O–H groups in total. The van der Waals surface area contributed by atoms with E-state index in [0.717, 1.165) is 11.3 Å². The molecular formula is C15H13BrFN3. The van der Waals surface area contributed by atoms with Crippen molar-refractivity contribution >= 4 is 21.7 Å². The topological polar surface area (TPSA) is 62.7 Å². The Balaban J connectivity index is 2.88. The molecule has 0 amide bonds. The highest BCUT2D eigenvalue weighted by Crippen LogP contribution is 2.34. The average Bonchev–Trinajstić information content (AvgIpc) is 2.38. The predicted molar refractivity (Wildman–Crippen MR) is 80.6 cm³/mol. The van der Waals surface area contributed by atoms with Crippen molar-refractivity contribution in [3.05, 3.63) is 45.3 Å². The van der Waals surface area contributed by atoms with Gasteiger partial charge in [0.05, 0.1) is 0 Å². The van der Waals surface area contributed by atoms with E-state index in [-0.39, 0.29) is 11.4 Å². The first-order valence-corrected chi connectivity index (χ1v) is 6.93. The largest absolute Gasteiger partial charge is 0.383 e. The van der Waals surface area contributed by atoms with Crippen molar-refractivity contribution in [2.45, 2.75) is 20.3 Å². The Morgan fingerprint density at radius 3 is 2.70 bits per heavy atom. The number of pyridine rings is 1. The minimum Gasteiger partial charge on any atom is -0.383 e. The van der Waals surface area contributed by atoms with Crippen LogP contribution in [0.4, 0.5) is 10.2 Å². The van der Waals surface area contributed by atoms with Crippen LogP contribution < -0.4 is 5.73 Å². The number of aryl methyl sites for hydroxylation is 1. The Kier molecular flexibility index (Phi) is 4.05. The average molecular weight is 334 g/mol. The minimum absolute atomic E-state index is 0.138. The molecule has 3 nitrogen and oxygen atoms in total. The highest BCUT2D eigenvalue weighted by atomic mass is 79.9. The van der Waals surface area contributed by atoms with Gasteiger partial charge in [-0.1, -0.05) is 28.9 Å². The van der Waals surface area contributed by atoms with E-state index in [1.807, 2.05) is 19.9 Å². The van der Waals surface area contributed by atoms with Crippen molar-refractivity contribution in [3.8, 4) is 17.2 Å². The summed E-state index contributed by atoms with van der Waals surface area (Å²) in [6, 6.07) is 6.80. The van der Waals surface area contributed by atoms with E-state index >= 15 is 0 Å². The van der Waals surface area contributed by atoms with E-state index in [4.69, 9.17) is 5.73 Å². The number of nitriles is 1. The van der Waals surface area contributed by atoms with Gasteiger partial charge in [0, 0.05) is 21.3 Å². The number of nitrogens with two attached hydrogens (primary N) is 1. The second-order valence-electron chi connectivity index (χ2n) is 4.40. The Morgan fingerprint density at radius 1 is 1.45 bits per heavy atom. The molecule has 0 saturated carbocycles. The first-order chi connectivity index (χ1) is 9.49. The van der Waals surface area contributed by atoms with Gasteiger partial charge in [-0.3, -0.25) is 0 Å².